The quantitative estimate of drug-likeness (QED) is 0.554. The molecule has 0 atom stereocenters. The van der Waals surface area contributed by atoms with Gasteiger partial charge in [0.05, 0.1) is 19.0 Å². The molecule has 1 heterocycles. The zero-order valence-electron chi connectivity index (χ0n) is 13.4. The van der Waals surface area contributed by atoms with E-state index in [9.17, 15) is 9.18 Å². The molecule has 2 aromatic carbocycles. The maximum Gasteiger partial charge on any atom is 0.289 e. The lowest BCUT2D eigenvalue weighted by Gasteiger charge is -1.99. The number of hydrogen-bond donors (Lipinski definition) is 2. The molecule has 126 valence electrons. The fourth-order valence-corrected chi connectivity index (χ4v) is 2.12. The van der Waals surface area contributed by atoms with Crippen molar-refractivity contribution in [2.45, 2.75) is 0 Å². The Morgan fingerprint density at radius 2 is 1.92 bits per heavy atom. The van der Waals surface area contributed by atoms with Crippen LogP contribution in [-0.4, -0.2) is 29.4 Å². The van der Waals surface area contributed by atoms with Gasteiger partial charge < -0.3 is 4.74 Å². The first-order chi connectivity index (χ1) is 12.2. The molecule has 0 radical (unpaired) electrons. The van der Waals surface area contributed by atoms with Crippen LogP contribution in [0.25, 0.3) is 11.3 Å². The largest absolute Gasteiger partial charge is 0.497 e. The van der Waals surface area contributed by atoms with Crippen LogP contribution in [0.5, 0.6) is 5.75 Å². The van der Waals surface area contributed by atoms with Gasteiger partial charge in [-0.3, -0.25) is 9.89 Å². The Balaban J connectivity index is 1.63. The fraction of sp³-hybridized carbons (Fsp3) is 0.0556. The van der Waals surface area contributed by atoms with Gasteiger partial charge in [-0.05, 0) is 60.2 Å². The number of rotatable bonds is 5. The molecular weight excluding hydrogens is 323 g/mol. The molecule has 0 saturated heterocycles. The average molecular weight is 338 g/mol. The number of carbonyl (C=O) groups excluding carboxylic acids is 1. The highest BCUT2D eigenvalue weighted by atomic mass is 19.1. The number of carbonyl (C=O) groups is 1. The number of nitrogens with zero attached hydrogens (tertiary/aromatic N) is 2. The molecule has 7 heteroatoms. The Bertz CT molecular complexity index is 886. The summed E-state index contributed by atoms with van der Waals surface area (Å²) in [7, 11) is 1.59. The third-order valence-electron chi connectivity index (χ3n) is 3.46. The number of aromatic nitrogens is 2. The van der Waals surface area contributed by atoms with E-state index in [1.807, 2.05) is 12.1 Å². The number of benzene rings is 2. The van der Waals surface area contributed by atoms with Crippen molar-refractivity contribution < 1.29 is 13.9 Å². The Labute approximate surface area is 143 Å². The van der Waals surface area contributed by atoms with Crippen LogP contribution in [0.4, 0.5) is 4.39 Å². The number of hydrogen-bond acceptors (Lipinski definition) is 4. The molecule has 3 rings (SSSR count). The van der Waals surface area contributed by atoms with Gasteiger partial charge in [0, 0.05) is 5.56 Å². The molecular formula is C18H15FN4O2. The predicted molar refractivity (Wildman–Crippen MR) is 92.0 cm³/mol. The topological polar surface area (TPSA) is 79.4 Å². The highest BCUT2D eigenvalue weighted by Gasteiger charge is 2.10. The summed E-state index contributed by atoms with van der Waals surface area (Å²) in [6, 6.07) is 14.7. The molecule has 0 fully saturated rings. The van der Waals surface area contributed by atoms with E-state index in [2.05, 4.69) is 20.7 Å². The lowest BCUT2D eigenvalue weighted by molar-refractivity contribution is 0.0950. The van der Waals surface area contributed by atoms with Crippen molar-refractivity contribution in [3.63, 3.8) is 0 Å². The molecule has 2 N–H and O–H groups in total. The van der Waals surface area contributed by atoms with E-state index in [0.29, 0.717) is 11.3 Å². The Hall–Kier alpha value is -3.48. The molecule has 1 aromatic heterocycles. The van der Waals surface area contributed by atoms with Gasteiger partial charge in [0.2, 0.25) is 0 Å². The zero-order chi connectivity index (χ0) is 17.6. The predicted octanol–water partition coefficient (Wildman–Crippen LogP) is 2.99. The average Bonchev–Trinajstić information content (AvgIpc) is 3.13. The van der Waals surface area contributed by atoms with E-state index in [0.717, 1.165) is 11.3 Å². The number of H-pyrrole nitrogens is 1. The summed E-state index contributed by atoms with van der Waals surface area (Å²) >= 11 is 0. The summed E-state index contributed by atoms with van der Waals surface area (Å²) in [5.41, 5.74) is 4.74. The number of halogens is 1. The van der Waals surface area contributed by atoms with E-state index >= 15 is 0 Å². The van der Waals surface area contributed by atoms with Crippen LogP contribution in [-0.2, 0) is 0 Å². The summed E-state index contributed by atoms with van der Waals surface area (Å²) in [6.45, 7) is 0. The molecule has 0 unspecified atom stereocenters. The molecule has 0 bridgehead atoms. The number of aromatic amines is 1. The van der Waals surface area contributed by atoms with Gasteiger partial charge in [0.15, 0.2) is 0 Å². The van der Waals surface area contributed by atoms with Gasteiger partial charge in [-0.15, -0.1) is 0 Å². The van der Waals surface area contributed by atoms with Crippen LogP contribution in [0, 0.1) is 5.82 Å². The fourth-order valence-electron chi connectivity index (χ4n) is 2.12. The van der Waals surface area contributed by atoms with Crippen LogP contribution < -0.4 is 10.2 Å². The van der Waals surface area contributed by atoms with Gasteiger partial charge in [0.25, 0.3) is 5.91 Å². The third kappa shape index (κ3) is 4.08. The summed E-state index contributed by atoms with van der Waals surface area (Å²) in [5.74, 6) is -0.0114. The summed E-state index contributed by atoms with van der Waals surface area (Å²) in [6.07, 6.45) is 1.52. The first-order valence-electron chi connectivity index (χ1n) is 7.44. The normalized spacial score (nSPS) is 10.8. The Morgan fingerprint density at radius 1 is 1.20 bits per heavy atom. The maximum atomic E-state index is 12.9. The summed E-state index contributed by atoms with van der Waals surface area (Å²) in [4.78, 5) is 12.1. The van der Waals surface area contributed by atoms with E-state index in [1.54, 1.807) is 37.4 Å². The van der Waals surface area contributed by atoms with E-state index in [-0.39, 0.29) is 11.5 Å². The summed E-state index contributed by atoms with van der Waals surface area (Å²) in [5, 5.41) is 10.6. The molecule has 25 heavy (non-hydrogen) atoms. The third-order valence-corrected chi connectivity index (χ3v) is 3.46. The SMILES string of the molecule is COc1ccc(/C=N\NC(=O)c2cc(-c3ccc(F)cc3)n[nH]2)cc1. The van der Waals surface area contributed by atoms with Gasteiger partial charge in [-0.25, -0.2) is 9.82 Å². The molecule has 0 aliphatic carbocycles. The standard InChI is InChI=1S/C18H15FN4O2/c1-25-15-8-2-12(3-9-15)11-20-23-18(24)17-10-16(21-22-17)13-4-6-14(19)7-5-13/h2-11H,1H3,(H,21,22)(H,23,24)/b20-11-. The highest BCUT2D eigenvalue weighted by molar-refractivity contribution is 5.94. The first-order valence-corrected chi connectivity index (χ1v) is 7.44. The van der Waals surface area contributed by atoms with Crippen molar-refractivity contribution in [3.8, 4) is 17.0 Å². The van der Waals surface area contributed by atoms with Gasteiger partial charge >= 0.3 is 0 Å². The highest BCUT2D eigenvalue weighted by Crippen LogP contribution is 2.18. The number of nitrogens with one attached hydrogen (secondary N) is 2. The summed E-state index contributed by atoms with van der Waals surface area (Å²) < 4.78 is 18.0. The second-order valence-electron chi connectivity index (χ2n) is 5.15. The van der Waals surface area contributed by atoms with Crippen molar-refractivity contribution in [1.29, 1.82) is 0 Å². The van der Waals surface area contributed by atoms with Crippen molar-refractivity contribution in [2.24, 2.45) is 5.10 Å². The van der Waals surface area contributed by atoms with Crippen LogP contribution in [0.2, 0.25) is 0 Å². The monoisotopic (exact) mass is 338 g/mol. The van der Waals surface area contributed by atoms with Crippen molar-refractivity contribution in [1.82, 2.24) is 15.6 Å². The van der Waals surface area contributed by atoms with E-state index in [1.165, 1.54) is 18.3 Å². The number of methoxy groups -OCH3 is 1. The molecule has 3 aromatic rings. The first kappa shape index (κ1) is 16.4. The minimum atomic E-state index is -0.425. The van der Waals surface area contributed by atoms with Gasteiger partial charge in [-0.1, -0.05) is 0 Å². The number of ether oxygens (including phenoxy) is 1. The van der Waals surface area contributed by atoms with Crippen molar-refractivity contribution in [3.05, 3.63) is 71.7 Å². The lowest BCUT2D eigenvalue weighted by atomic mass is 10.1. The zero-order valence-corrected chi connectivity index (χ0v) is 13.4. The van der Waals surface area contributed by atoms with Crippen LogP contribution in [0.15, 0.2) is 59.7 Å². The number of hydrazone groups is 1. The molecule has 0 spiro atoms. The van der Waals surface area contributed by atoms with Crippen molar-refractivity contribution >= 4 is 12.1 Å². The Morgan fingerprint density at radius 3 is 2.60 bits per heavy atom. The van der Waals surface area contributed by atoms with E-state index in [4.69, 9.17) is 4.74 Å². The molecule has 0 saturated carbocycles. The second kappa shape index (κ2) is 7.39. The van der Waals surface area contributed by atoms with Crippen LogP contribution in [0.1, 0.15) is 16.1 Å². The minimum Gasteiger partial charge on any atom is -0.497 e. The molecule has 1 amide bonds. The van der Waals surface area contributed by atoms with Crippen LogP contribution in [0.3, 0.4) is 0 Å². The smallest absolute Gasteiger partial charge is 0.289 e. The minimum absolute atomic E-state index is 0.256. The second-order valence-corrected chi connectivity index (χ2v) is 5.15. The molecule has 0 aliphatic heterocycles. The number of amides is 1. The van der Waals surface area contributed by atoms with E-state index < -0.39 is 5.91 Å². The molecule has 0 aliphatic rings. The van der Waals surface area contributed by atoms with Crippen LogP contribution >= 0.6 is 0 Å². The Kier molecular flexibility index (Phi) is 4.84. The van der Waals surface area contributed by atoms with Gasteiger partial charge in [-0.2, -0.15) is 10.2 Å². The van der Waals surface area contributed by atoms with Crippen molar-refractivity contribution in [2.75, 3.05) is 7.11 Å². The molecule has 6 nitrogen and oxygen atoms in total. The van der Waals surface area contributed by atoms with Gasteiger partial charge in [0.1, 0.15) is 17.3 Å². The lowest BCUT2D eigenvalue weighted by Crippen LogP contribution is -2.17. The maximum absolute atomic E-state index is 12.9.